The zero-order valence-corrected chi connectivity index (χ0v) is 14.3. The van der Waals surface area contributed by atoms with Crippen LogP contribution in [0.1, 0.15) is 10.4 Å². The first-order valence-electron chi connectivity index (χ1n) is 7.40. The molecule has 0 saturated carbocycles. The van der Waals surface area contributed by atoms with Gasteiger partial charge >= 0.3 is 5.97 Å². The van der Waals surface area contributed by atoms with Crippen LogP contribution in [0.3, 0.4) is 0 Å². The Morgan fingerprint density at radius 3 is 2.28 bits per heavy atom. The van der Waals surface area contributed by atoms with E-state index < -0.39 is 5.97 Å². The molecule has 0 atom stereocenters. The van der Waals surface area contributed by atoms with Crippen LogP contribution < -0.4 is 14.2 Å². The molecule has 0 unspecified atom stereocenters. The first-order chi connectivity index (χ1) is 12.1. The molecular weight excluding hydrogens is 326 g/mol. The van der Waals surface area contributed by atoms with E-state index >= 15 is 0 Å². The zero-order chi connectivity index (χ0) is 18.0. The predicted octanol–water partition coefficient (Wildman–Crippen LogP) is 3.31. The lowest BCUT2D eigenvalue weighted by Crippen LogP contribution is -2.01. The molecule has 0 N–H and O–H groups in total. The van der Waals surface area contributed by atoms with Crippen molar-refractivity contribution in [1.82, 2.24) is 4.98 Å². The van der Waals surface area contributed by atoms with Gasteiger partial charge in [-0.15, -0.1) is 0 Å². The number of hydrogen-bond donors (Lipinski definition) is 0. The van der Waals surface area contributed by atoms with E-state index in [1.165, 1.54) is 14.2 Å². The second-order valence-corrected chi connectivity index (χ2v) is 5.11. The summed E-state index contributed by atoms with van der Waals surface area (Å²) in [5, 5.41) is 0. The Morgan fingerprint density at radius 1 is 0.920 bits per heavy atom. The minimum atomic E-state index is -0.476. The normalized spacial score (nSPS) is 10.6. The van der Waals surface area contributed by atoms with Crippen molar-refractivity contribution in [1.29, 1.82) is 0 Å². The molecule has 130 valence electrons. The summed E-state index contributed by atoms with van der Waals surface area (Å²) < 4.78 is 26.4. The van der Waals surface area contributed by atoms with Gasteiger partial charge in [-0.1, -0.05) is 0 Å². The maximum atomic E-state index is 11.8. The van der Waals surface area contributed by atoms with E-state index in [4.69, 9.17) is 23.4 Å². The second kappa shape index (κ2) is 6.72. The average molecular weight is 343 g/mol. The van der Waals surface area contributed by atoms with Crippen molar-refractivity contribution in [2.75, 3.05) is 28.4 Å². The molecule has 7 heteroatoms. The van der Waals surface area contributed by atoms with E-state index in [0.29, 0.717) is 45.4 Å². The van der Waals surface area contributed by atoms with Gasteiger partial charge in [0.1, 0.15) is 5.52 Å². The molecule has 0 aliphatic rings. The molecule has 0 bridgehead atoms. The fourth-order valence-corrected chi connectivity index (χ4v) is 2.48. The number of oxazole rings is 1. The molecule has 3 rings (SSSR count). The fraction of sp³-hybridized carbons (Fsp3) is 0.222. The third-order valence-electron chi connectivity index (χ3n) is 3.73. The number of esters is 1. The van der Waals surface area contributed by atoms with Crippen molar-refractivity contribution >= 4 is 17.1 Å². The van der Waals surface area contributed by atoms with Gasteiger partial charge < -0.3 is 23.4 Å². The number of nitrogens with zero attached hydrogens (tertiary/aromatic N) is 1. The van der Waals surface area contributed by atoms with E-state index in [0.717, 1.165) is 0 Å². The molecule has 3 aromatic rings. The van der Waals surface area contributed by atoms with Crippen LogP contribution >= 0.6 is 0 Å². The van der Waals surface area contributed by atoms with Gasteiger partial charge in [-0.2, -0.15) is 0 Å². The maximum Gasteiger partial charge on any atom is 0.338 e. The number of fused-ring (bicyclic) bond motifs is 1. The number of hydrogen-bond acceptors (Lipinski definition) is 7. The molecule has 0 amide bonds. The summed E-state index contributed by atoms with van der Waals surface area (Å²) in [4.78, 5) is 16.2. The average Bonchev–Trinajstić information content (AvgIpc) is 3.09. The molecule has 0 fully saturated rings. The van der Waals surface area contributed by atoms with Crippen LogP contribution in [0, 0.1) is 0 Å². The number of carbonyl (C=O) groups is 1. The Bertz CT molecular complexity index is 931. The molecule has 1 aromatic heterocycles. The third kappa shape index (κ3) is 2.96. The molecule has 0 radical (unpaired) electrons. The molecule has 0 spiro atoms. The molecule has 0 aliphatic carbocycles. The van der Waals surface area contributed by atoms with Gasteiger partial charge in [0.15, 0.2) is 22.8 Å². The predicted molar refractivity (Wildman–Crippen MR) is 90.4 cm³/mol. The molecule has 0 saturated heterocycles. The maximum absolute atomic E-state index is 11.8. The Hall–Kier alpha value is -3.22. The number of benzene rings is 2. The SMILES string of the molecule is COC(=O)c1cc(OC)c2oc(-c3ccc(OC)c(OC)c3)nc2c1. The van der Waals surface area contributed by atoms with Crippen LogP contribution in [0.5, 0.6) is 17.2 Å². The molecular formula is C18H17NO6. The highest BCUT2D eigenvalue weighted by molar-refractivity contribution is 5.95. The minimum Gasteiger partial charge on any atom is -0.493 e. The lowest BCUT2D eigenvalue weighted by Gasteiger charge is -2.07. The van der Waals surface area contributed by atoms with Gasteiger partial charge in [0.05, 0.1) is 34.0 Å². The van der Waals surface area contributed by atoms with Gasteiger partial charge in [-0.3, -0.25) is 0 Å². The van der Waals surface area contributed by atoms with Crippen molar-refractivity contribution in [3.63, 3.8) is 0 Å². The van der Waals surface area contributed by atoms with Crippen molar-refractivity contribution < 1.29 is 28.2 Å². The number of ether oxygens (including phenoxy) is 4. The van der Waals surface area contributed by atoms with Crippen LogP contribution in [-0.4, -0.2) is 39.4 Å². The molecule has 0 aliphatic heterocycles. The Morgan fingerprint density at radius 2 is 1.64 bits per heavy atom. The highest BCUT2D eigenvalue weighted by atomic mass is 16.5. The highest BCUT2D eigenvalue weighted by Crippen LogP contribution is 2.35. The van der Waals surface area contributed by atoms with E-state index in [2.05, 4.69) is 4.98 Å². The fourth-order valence-electron chi connectivity index (χ4n) is 2.48. The van der Waals surface area contributed by atoms with E-state index in [1.54, 1.807) is 44.6 Å². The molecule has 2 aromatic carbocycles. The standard InChI is InChI=1S/C18H17NO6/c1-21-13-6-5-10(8-14(13)22-2)17-19-12-7-11(18(20)24-4)9-15(23-3)16(12)25-17/h5-9H,1-4H3. The summed E-state index contributed by atoms with van der Waals surface area (Å²) in [6.45, 7) is 0. The van der Waals surface area contributed by atoms with E-state index in [-0.39, 0.29) is 0 Å². The summed E-state index contributed by atoms with van der Waals surface area (Å²) in [6, 6.07) is 8.48. The summed E-state index contributed by atoms with van der Waals surface area (Å²) in [5.74, 6) is 1.46. The van der Waals surface area contributed by atoms with Gasteiger partial charge in [0.2, 0.25) is 5.89 Å². The quantitative estimate of drug-likeness (QED) is 0.657. The van der Waals surface area contributed by atoms with Gasteiger partial charge in [-0.05, 0) is 30.3 Å². The van der Waals surface area contributed by atoms with Crippen LogP contribution in [0.25, 0.3) is 22.6 Å². The molecule has 1 heterocycles. The Labute approximate surface area is 144 Å². The number of rotatable bonds is 5. The van der Waals surface area contributed by atoms with Crippen LogP contribution in [0.2, 0.25) is 0 Å². The minimum absolute atomic E-state index is 0.332. The Balaban J connectivity index is 2.14. The third-order valence-corrected chi connectivity index (χ3v) is 3.73. The van der Waals surface area contributed by atoms with Gasteiger partial charge in [-0.25, -0.2) is 9.78 Å². The lowest BCUT2D eigenvalue weighted by atomic mass is 10.2. The summed E-state index contributed by atoms with van der Waals surface area (Å²) in [7, 11) is 5.93. The van der Waals surface area contributed by atoms with Crippen molar-refractivity contribution in [3.8, 4) is 28.7 Å². The molecule has 7 nitrogen and oxygen atoms in total. The smallest absolute Gasteiger partial charge is 0.338 e. The van der Waals surface area contributed by atoms with E-state index in [9.17, 15) is 4.79 Å². The number of carbonyl (C=O) groups excluding carboxylic acids is 1. The van der Waals surface area contributed by atoms with Gasteiger partial charge in [0.25, 0.3) is 0 Å². The Kier molecular flexibility index (Phi) is 4.47. The van der Waals surface area contributed by atoms with Crippen LogP contribution in [0.15, 0.2) is 34.7 Å². The second-order valence-electron chi connectivity index (χ2n) is 5.11. The number of aromatic nitrogens is 1. The first-order valence-corrected chi connectivity index (χ1v) is 7.40. The summed E-state index contributed by atoms with van der Waals surface area (Å²) in [5.41, 5.74) is 1.97. The summed E-state index contributed by atoms with van der Waals surface area (Å²) in [6.07, 6.45) is 0. The first kappa shape index (κ1) is 16.6. The van der Waals surface area contributed by atoms with Gasteiger partial charge in [0, 0.05) is 5.56 Å². The zero-order valence-electron chi connectivity index (χ0n) is 14.3. The van der Waals surface area contributed by atoms with Crippen molar-refractivity contribution in [2.45, 2.75) is 0 Å². The van der Waals surface area contributed by atoms with Crippen molar-refractivity contribution in [3.05, 3.63) is 35.9 Å². The highest BCUT2D eigenvalue weighted by Gasteiger charge is 2.18. The largest absolute Gasteiger partial charge is 0.493 e. The van der Waals surface area contributed by atoms with Crippen molar-refractivity contribution in [2.24, 2.45) is 0 Å². The monoisotopic (exact) mass is 343 g/mol. The topological polar surface area (TPSA) is 80.0 Å². The van der Waals surface area contributed by atoms with Crippen LogP contribution in [0.4, 0.5) is 0 Å². The van der Waals surface area contributed by atoms with Crippen LogP contribution in [-0.2, 0) is 4.74 Å². The number of methoxy groups -OCH3 is 4. The lowest BCUT2D eigenvalue weighted by molar-refractivity contribution is 0.0600. The summed E-state index contributed by atoms with van der Waals surface area (Å²) >= 11 is 0. The van der Waals surface area contributed by atoms with E-state index in [1.807, 2.05) is 0 Å². The molecule has 25 heavy (non-hydrogen) atoms.